The molecule has 0 bridgehead atoms. The van der Waals surface area contributed by atoms with Crippen LogP contribution in [-0.2, 0) is 4.79 Å². The van der Waals surface area contributed by atoms with E-state index in [0.717, 1.165) is 28.1 Å². The minimum absolute atomic E-state index is 0.0972. The molecule has 4 nitrogen and oxygen atoms in total. The second-order valence-corrected chi connectivity index (χ2v) is 8.23. The molecule has 1 saturated heterocycles. The Labute approximate surface area is 174 Å². The molecule has 1 N–H and O–H groups in total. The number of anilines is 2. The number of carbonyl (C=O) groups is 2. The molecule has 0 aromatic heterocycles. The van der Waals surface area contributed by atoms with E-state index in [0.29, 0.717) is 11.3 Å². The van der Waals surface area contributed by atoms with Gasteiger partial charge in [-0.2, -0.15) is 0 Å². The molecule has 4 rings (SSSR count). The third-order valence-electron chi connectivity index (χ3n) is 4.97. The molecule has 0 saturated carbocycles. The van der Waals surface area contributed by atoms with Crippen LogP contribution in [0.2, 0.25) is 0 Å². The number of amides is 2. The highest BCUT2D eigenvalue weighted by molar-refractivity contribution is 8.00. The minimum atomic E-state index is -0.133. The molecule has 0 aliphatic carbocycles. The van der Waals surface area contributed by atoms with Crippen LogP contribution in [-0.4, -0.2) is 17.6 Å². The Morgan fingerprint density at radius 2 is 1.79 bits per heavy atom. The van der Waals surface area contributed by atoms with Crippen molar-refractivity contribution in [2.45, 2.75) is 19.2 Å². The molecule has 0 unspecified atom stereocenters. The molecule has 0 radical (unpaired) electrons. The first-order valence-corrected chi connectivity index (χ1v) is 10.5. The Morgan fingerprint density at radius 1 is 1.00 bits per heavy atom. The molecule has 3 aromatic rings. The Hall–Kier alpha value is -3.05. The fraction of sp³-hybridized carbons (Fsp3) is 0.167. The monoisotopic (exact) mass is 402 g/mol. The molecule has 1 heterocycles. The molecule has 0 spiro atoms. The number of carbonyl (C=O) groups excluding carboxylic acids is 2. The van der Waals surface area contributed by atoms with E-state index in [2.05, 4.69) is 5.32 Å². The quantitative estimate of drug-likeness (QED) is 0.641. The van der Waals surface area contributed by atoms with Crippen molar-refractivity contribution < 1.29 is 9.59 Å². The standard InChI is InChI=1S/C24H22N2O2S/c1-16-7-5-11-20(13-16)26-22(27)15-29-24(26)18-9-6-10-19(14-18)25-23(28)21-12-4-3-8-17(21)2/h3-14,24H,15H2,1-2H3,(H,25,28)/t24-/m1/s1. The van der Waals surface area contributed by atoms with Crippen molar-refractivity contribution >= 4 is 35.0 Å². The van der Waals surface area contributed by atoms with Gasteiger partial charge in [-0.05, 0) is 60.9 Å². The van der Waals surface area contributed by atoms with Crippen molar-refractivity contribution in [3.8, 4) is 0 Å². The molecular weight excluding hydrogens is 380 g/mol. The number of rotatable bonds is 4. The molecule has 146 valence electrons. The molecule has 29 heavy (non-hydrogen) atoms. The predicted molar refractivity (Wildman–Crippen MR) is 119 cm³/mol. The average molecular weight is 403 g/mol. The van der Waals surface area contributed by atoms with Crippen LogP contribution in [0.5, 0.6) is 0 Å². The fourth-order valence-electron chi connectivity index (χ4n) is 3.52. The van der Waals surface area contributed by atoms with Gasteiger partial charge in [-0.3, -0.25) is 14.5 Å². The number of nitrogens with zero attached hydrogens (tertiary/aromatic N) is 1. The number of nitrogens with one attached hydrogen (secondary N) is 1. The summed E-state index contributed by atoms with van der Waals surface area (Å²) in [6, 6.07) is 23.3. The van der Waals surface area contributed by atoms with Crippen molar-refractivity contribution in [3.05, 3.63) is 95.1 Å². The normalized spacial score (nSPS) is 16.1. The first-order valence-electron chi connectivity index (χ1n) is 9.50. The van der Waals surface area contributed by atoms with E-state index >= 15 is 0 Å². The Morgan fingerprint density at radius 3 is 2.59 bits per heavy atom. The maximum absolute atomic E-state index is 12.7. The molecule has 1 atom stereocenters. The third kappa shape index (κ3) is 4.05. The van der Waals surface area contributed by atoms with Crippen molar-refractivity contribution in [3.63, 3.8) is 0 Å². The predicted octanol–water partition coefficient (Wildman–Crippen LogP) is 5.33. The highest BCUT2D eigenvalue weighted by atomic mass is 32.2. The smallest absolute Gasteiger partial charge is 0.255 e. The summed E-state index contributed by atoms with van der Waals surface area (Å²) in [4.78, 5) is 27.1. The van der Waals surface area contributed by atoms with Gasteiger partial charge in [-0.25, -0.2) is 0 Å². The summed E-state index contributed by atoms with van der Waals surface area (Å²) in [7, 11) is 0. The summed E-state index contributed by atoms with van der Waals surface area (Å²) in [6.45, 7) is 3.94. The number of hydrogen-bond acceptors (Lipinski definition) is 3. The lowest BCUT2D eigenvalue weighted by molar-refractivity contribution is -0.115. The lowest BCUT2D eigenvalue weighted by atomic mass is 10.1. The molecule has 1 aliphatic heterocycles. The first-order chi connectivity index (χ1) is 14.0. The SMILES string of the molecule is Cc1cccc(N2C(=O)CS[C@@H]2c2cccc(NC(=O)c3ccccc3C)c2)c1. The number of thioether (sulfide) groups is 1. The van der Waals surface area contributed by atoms with E-state index < -0.39 is 0 Å². The largest absolute Gasteiger partial charge is 0.322 e. The molecule has 1 fully saturated rings. The minimum Gasteiger partial charge on any atom is -0.322 e. The van der Waals surface area contributed by atoms with E-state index in [4.69, 9.17) is 0 Å². The fourth-order valence-corrected chi connectivity index (χ4v) is 4.69. The van der Waals surface area contributed by atoms with Crippen LogP contribution in [0, 0.1) is 13.8 Å². The molecule has 3 aromatic carbocycles. The lowest BCUT2D eigenvalue weighted by Crippen LogP contribution is -2.27. The lowest BCUT2D eigenvalue weighted by Gasteiger charge is -2.25. The molecular formula is C24H22N2O2S. The number of benzene rings is 3. The van der Waals surface area contributed by atoms with Gasteiger partial charge in [0, 0.05) is 16.9 Å². The van der Waals surface area contributed by atoms with E-state index in [-0.39, 0.29) is 17.2 Å². The zero-order chi connectivity index (χ0) is 20.4. The summed E-state index contributed by atoms with van der Waals surface area (Å²) >= 11 is 1.60. The summed E-state index contributed by atoms with van der Waals surface area (Å²) in [6.07, 6.45) is 0. The summed E-state index contributed by atoms with van der Waals surface area (Å²) in [5, 5.41) is 2.87. The zero-order valence-electron chi connectivity index (χ0n) is 16.4. The van der Waals surface area contributed by atoms with Gasteiger partial charge in [-0.1, -0.05) is 42.5 Å². The van der Waals surface area contributed by atoms with Gasteiger partial charge in [0.1, 0.15) is 5.37 Å². The van der Waals surface area contributed by atoms with Crippen LogP contribution < -0.4 is 10.2 Å². The van der Waals surface area contributed by atoms with Gasteiger partial charge < -0.3 is 5.32 Å². The maximum atomic E-state index is 12.7. The van der Waals surface area contributed by atoms with Crippen LogP contribution >= 0.6 is 11.8 Å². The Kier molecular flexibility index (Phi) is 5.41. The van der Waals surface area contributed by atoms with Crippen LogP contribution in [0.1, 0.15) is 32.4 Å². The number of aryl methyl sites for hydroxylation is 2. The number of hydrogen-bond donors (Lipinski definition) is 1. The van der Waals surface area contributed by atoms with E-state index in [9.17, 15) is 9.59 Å². The van der Waals surface area contributed by atoms with Gasteiger partial charge in [0.15, 0.2) is 0 Å². The van der Waals surface area contributed by atoms with Crippen LogP contribution in [0.15, 0.2) is 72.8 Å². The summed E-state index contributed by atoms with van der Waals surface area (Å²) in [5.74, 6) is 0.407. The summed E-state index contributed by atoms with van der Waals surface area (Å²) in [5.41, 5.74) is 5.32. The highest BCUT2D eigenvalue weighted by Crippen LogP contribution is 2.42. The van der Waals surface area contributed by atoms with Gasteiger partial charge in [0.25, 0.3) is 5.91 Å². The van der Waals surface area contributed by atoms with Gasteiger partial charge in [0.05, 0.1) is 5.75 Å². The van der Waals surface area contributed by atoms with E-state index in [1.165, 1.54) is 0 Å². The van der Waals surface area contributed by atoms with Crippen molar-refractivity contribution in [1.82, 2.24) is 0 Å². The third-order valence-corrected chi connectivity index (χ3v) is 6.18. The van der Waals surface area contributed by atoms with Crippen LogP contribution in [0.25, 0.3) is 0 Å². The average Bonchev–Trinajstić information content (AvgIpc) is 3.10. The van der Waals surface area contributed by atoms with Crippen molar-refractivity contribution in [2.24, 2.45) is 0 Å². The zero-order valence-corrected chi connectivity index (χ0v) is 17.2. The van der Waals surface area contributed by atoms with Gasteiger partial charge >= 0.3 is 0 Å². The topological polar surface area (TPSA) is 49.4 Å². The summed E-state index contributed by atoms with van der Waals surface area (Å²) < 4.78 is 0. The Balaban J connectivity index is 1.60. The van der Waals surface area contributed by atoms with Crippen LogP contribution in [0.4, 0.5) is 11.4 Å². The van der Waals surface area contributed by atoms with Gasteiger partial charge in [0.2, 0.25) is 5.91 Å². The molecule has 1 aliphatic rings. The maximum Gasteiger partial charge on any atom is 0.255 e. The highest BCUT2D eigenvalue weighted by Gasteiger charge is 2.34. The second kappa shape index (κ2) is 8.13. The van der Waals surface area contributed by atoms with E-state index in [1.54, 1.807) is 11.8 Å². The Bertz CT molecular complexity index is 1080. The van der Waals surface area contributed by atoms with Crippen LogP contribution in [0.3, 0.4) is 0 Å². The second-order valence-electron chi connectivity index (χ2n) is 7.16. The van der Waals surface area contributed by atoms with E-state index in [1.807, 2.05) is 91.5 Å². The molecule has 2 amide bonds. The van der Waals surface area contributed by atoms with Crippen molar-refractivity contribution in [2.75, 3.05) is 16.0 Å². The molecule has 5 heteroatoms. The first kappa shape index (κ1) is 19.3. The van der Waals surface area contributed by atoms with Gasteiger partial charge in [-0.15, -0.1) is 11.8 Å². The van der Waals surface area contributed by atoms with Crippen molar-refractivity contribution in [1.29, 1.82) is 0 Å².